The third-order valence-corrected chi connectivity index (χ3v) is 7.27. The summed E-state index contributed by atoms with van der Waals surface area (Å²) >= 11 is 1.28. The van der Waals surface area contributed by atoms with E-state index in [9.17, 15) is 9.59 Å². The van der Waals surface area contributed by atoms with Crippen molar-refractivity contribution in [3.8, 4) is 33.9 Å². The van der Waals surface area contributed by atoms with E-state index in [0.717, 1.165) is 22.6 Å². The van der Waals surface area contributed by atoms with Crippen molar-refractivity contribution in [3.05, 3.63) is 95.4 Å². The van der Waals surface area contributed by atoms with Gasteiger partial charge in [0.15, 0.2) is 0 Å². The first kappa shape index (κ1) is 27.9. The largest absolute Gasteiger partial charge is 0.494 e. The van der Waals surface area contributed by atoms with E-state index in [1.807, 2.05) is 92.0 Å². The third kappa shape index (κ3) is 6.07. The van der Waals surface area contributed by atoms with Crippen molar-refractivity contribution in [2.75, 3.05) is 25.1 Å². The lowest BCUT2D eigenvalue weighted by molar-refractivity contribution is 0.0529. The summed E-state index contributed by atoms with van der Waals surface area (Å²) in [6, 6.07) is 24.4. The van der Waals surface area contributed by atoms with Crippen LogP contribution in [0.5, 0.6) is 11.5 Å². The number of nitrogens with one attached hydrogen (secondary N) is 1. The first-order chi connectivity index (χ1) is 20.0. The van der Waals surface area contributed by atoms with Crippen molar-refractivity contribution in [1.29, 1.82) is 0 Å². The summed E-state index contributed by atoms with van der Waals surface area (Å²) < 4.78 is 16.6. The Morgan fingerprint density at radius 1 is 0.805 bits per heavy atom. The van der Waals surface area contributed by atoms with Gasteiger partial charge in [0.05, 0.1) is 36.6 Å². The van der Waals surface area contributed by atoms with Crippen LogP contribution in [0, 0.1) is 0 Å². The number of anilines is 1. The number of esters is 1. The molecule has 3 aromatic carbocycles. The second-order valence-corrected chi connectivity index (χ2v) is 9.90. The molecule has 2 aromatic heterocycles. The summed E-state index contributed by atoms with van der Waals surface area (Å²) in [6.45, 7) is 6.93. The maximum Gasteiger partial charge on any atom is 0.341 e. The molecular weight excluding hydrogens is 536 g/mol. The van der Waals surface area contributed by atoms with Crippen molar-refractivity contribution < 1.29 is 23.8 Å². The second-order valence-electron chi connectivity index (χ2n) is 9.02. The highest BCUT2D eigenvalue weighted by Crippen LogP contribution is 2.37. The zero-order valence-electron chi connectivity index (χ0n) is 23.1. The fourth-order valence-corrected chi connectivity index (χ4v) is 5.51. The normalized spacial score (nSPS) is 10.8. The molecule has 0 spiro atoms. The van der Waals surface area contributed by atoms with Gasteiger partial charge in [-0.1, -0.05) is 42.5 Å². The van der Waals surface area contributed by atoms with Crippen molar-refractivity contribution >= 4 is 39.1 Å². The van der Waals surface area contributed by atoms with Gasteiger partial charge in [-0.2, -0.15) is 0 Å². The summed E-state index contributed by atoms with van der Waals surface area (Å²) in [5.74, 6) is 0.618. The number of benzene rings is 3. The number of amides is 1. The van der Waals surface area contributed by atoms with Crippen molar-refractivity contribution in [2.45, 2.75) is 20.8 Å². The SMILES string of the molecule is CCOC(=O)c1c(-c2ccc(OCC)cc2)csc1NC(=O)c1cc(-c2cccc(OCC)c2)nc2ccccc12. The molecule has 8 heteroatoms. The number of hydrogen-bond donors (Lipinski definition) is 1. The van der Waals surface area contributed by atoms with Crippen LogP contribution in [0.3, 0.4) is 0 Å². The molecule has 0 aliphatic carbocycles. The van der Waals surface area contributed by atoms with Crippen LogP contribution in [0.4, 0.5) is 5.00 Å². The van der Waals surface area contributed by atoms with Gasteiger partial charge in [0.2, 0.25) is 0 Å². The van der Waals surface area contributed by atoms with Gasteiger partial charge in [0.1, 0.15) is 22.1 Å². The van der Waals surface area contributed by atoms with E-state index < -0.39 is 5.97 Å². The first-order valence-electron chi connectivity index (χ1n) is 13.5. The Morgan fingerprint density at radius 3 is 2.32 bits per heavy atom. The standard InChI is InChI=1S/C33H30N2O5S/c1-4-38-23-16-14-21(15-17-23)27-20-41-32(30(27)33(37)40-6-3)35-31(36)26-19-29(34-28-13-8-7-12-25(26)28)22-10-9-11-24(18-22)39-5-2/h7-20H,4-6H2,1-3H3,(H,35,36). The zero-order chi connectivity index (χ0) is 28.8. The number of nitrogens with zero attached hydrogens (tertiary/aromatic N) is 1. The topological polar surface area (TPSA) is 86.8 Å². The smallest absolute Gasteiger partial charge is 0.341 e. The molecule has 5 aromatic rings. The summed E-state index contributed by atoms with van der Waals surface area (Å²) in [4.78, 5) is 31.8. The highest BCUT2D eigenvalue weighted by atomic mass is 32.1. The molecule has 0 aliphatic rings. The van der Waals surface area contributed by atoms with Crippen molar-refractivity contribution in [3.63, 3.8) is 0 Å². The average molecular weight is 567 g/mol. The Hall–Kier alpha value is -4.69. The molecular formula is C33H30N2O5S. The third-order valence-electron chi connectivity index (χ3n) is 6.38. The minimum Gasteiger partial charge on any atom is -0.494 e. The number of carbonyl (C=O) groups excluding carboxylic acids is 2. The highest BCUT2D eigenvalue weighted by molar-refractivity contribution is 7.15. The molecule has 0 unspecified atom stereocenters. The Balaban J connectivity index is 1.54. The maximum atomic E-state index is 13.9. The fourth-order valence-electron chi connectivity index (χ4n) is 4.56. The molecule has 0 aliphatic heterocycles. The number of rotatable bonds is 10. The molecule has 1 N–H and O–H groups in total. The summed E-state index contributed by atoms with van der Waals surface area (Å²) in [6.07, 6.45) is 0. The number of pyridine rings is 1. The van der Waals surface area contributed by atoms with Crippen LogP contribution in [-0.2, 0) is 4.74 Å². The number of para-hydroxylation sites is 1. The van der Waals surface area contributed by atoms with Gasteiger partial charge in [-0.15, -0.1) is 11.3 Å². The van der Waals surface area contributed by atoms with E-state index >= 15 is 0 Å². The van der Waals surface area contributed by atoms with Crippen LogP contribution in [0.15, 0.2) is 84.2 Å². The predicted octanol–water partition coefficient (Wildman–Crippen LogP) is 7.86. The molecule has 2 heterocycles. The summed E-state index contributed by atoms with van der Waals surface area (Å²) in [5.41, 5.74) is 4.41. The monoisotopic (exact) mass is 566 g/mol. The van der Waals surface area contributed by atoms with Gasteiger partial charge >= 0.3 is 5.97 Å². The molecule has 0 atom stereocenters. The maximum absolute atomic E-state index is 13.9. The minimum atomic E-state index is -0.499. The average Bonchev–Trinajstić information content (AvgIpc) is 3.41. The number of thiophene rings is 1. The van der Waals surface area contributed by atoms with Crippen molar-refractivity contribution in [2.24, 2.45) is 0 Å². The molecule has 208 valence electrons. The van der Waals surface area contributed by atoms with E-state index in [0.29, 0.717) is 51.5 Å². The molecule has 41 heavy (non-hydrogen) atoms. The number of hydrogen-bond acceptors (Lipinski definition) is 7. The van der Waals surface area contributed by atoms with E-state index in [1.165, 1.54) is 11.3 Å². The van der Waals surface area contributed by atoms with Gasteiger partial charge in [-0.05, 0) is 62.7 Å². The fraction of sp³-hybridized carbons (Fsp3) is 0.182. The number of fused-ring (bicyclic) bond motifs is 1. The molecule has 0 bridgehead atoms. The Labute approximate surface area is 242 Å². The van der Waals surface area contributed by atoms with Gasteiger partial charge in [-0.3, -0.25) is 4.79 Å². The van der Waals surface area contributed by atoms with E-state index in [-0.39, 0.29) is 12.5 Å². The van der Waals surface area contributed by atoms with Crippen LogP contribution in [0.1, 0.15) is 41.5 Å². The number of aromatic nitrogens is 1. The van der Waals surface area contributed by atoms with Crippen LogP contribution in [0.2, 0.25) is 0 Å². The molecule has 0 saturated carbocycles. The summed E-state index contributed by atoms with van der Waals surface area (Å²) in [7, 11) is 0. The second kappa shape index (κ2) is 12.7. The van der Waals surface area contributed by atoms with E-state index in [2.05, 4.69) is 5.32 Å². The summed E-state index contributed by atoms with van der Waals surface area (Å²) in [5, 5.41) is 5.97. The first-order valence-corrected chi connectivity index (χ1v) is 14.4. The number of ether oxygens (including phenoxy) is 3. The van der Waals surface area contributed by atoms with Gasteiger partial charge < -0.3 is 19.5 Å². The predicted molar refractivity (Wildman–Crippen MR) is 163 cm³/mol. The Morgan fingerprint density at radius 2 is 1.56 bits per heavy atom. The highest BCUT2D eigenvalue weighted by Gasteiger charge is 2.24. The minimum absolute atomic E-state index is 0.212. The van der Waals surface area contributed by atoms with Crippen molar-refractivity contribution in [1.82, 2.24) is 4.98 Å². The molecule has 0 saturated heterocycles. The van der Waals surface area contributed by atoms with Crippen LogP contribution in [0.25, 0.3) is 33.3 Å². The van der Waals surface area contributed by atoms with Gasteiger partial charge in [-0.25, -0.2) is 9.78 Å². The van der Waals surface area contributed by atoms with Gasteiger partial charge in [0.25, 0.3) is 5.91 Å². The Kier molecular flexibility index (Phi) is 8.60. The van der Waals surface area contributed by atoms with Gasteiger partial charge in [0, 0.05) is 21.9 Å². The van der Waals surface area contributed by atoms with E-state index in [4.69, 9.17) is 19.2 Å². The molecule has 5 rings (SSSR count). The molecule has 1 amide bonds. The molecule has 0 fully saturated rings. The molecule has 7 nitrogen and oxygen atoms in total. The lowest BCUT2D eigenvalue weighted by Gasteiger charge is -2.12. The molecule has 0 radical (unpaired) electrons. The quantitative estimate of drug-likeness (QED) is 0.173. The van der Waals surface area contributed by atoms with Crippen LogP contribution in [-0.4, -0.2) is 36.7 Å². The Bertz CT molecular complexity index is 1690. The van der Waals surface area contributed by atoms with Crippen LogP contribution >= 0.6 is 11.3 Å². The lowest BCUT2D eigenvalue weighted by Crippen LogP contribution is -2.15. The number of carbonyl (C=O) groups is 2. The lowest BCUT2D eigenvalue weighted by atomic mass is 10.0. The van der Waals surface area contributed by atoms with E-state index in [1.54, 1.807) is 13.0 Å². The van der Waals surface area contributed by atoms with Crippen LogP contribution < -0.4 is 14.8 Å². The zero-order valence-corrected chi connectivity index (χ0v) is 23.9.